The van der Waals surface area contributed by atoms with Gasteiger partial charge in [0.2, 0.25) is 5.91 Å². The van der Waals surface area contributed by atoms with Gasteiger partial charge < -0.3 is 14.4 Å². The van der Waals surface area contributed by atoms with Crippen LogP contribution in [0.2, 0.25) is 0 Å². The largest absolute Gasteiger partial charge is 0.493 e. The summed E-state index contributed by atoms with van der Waals surface area (Å²) in [7, 11) is 3.18. The second kappa shape index (κ2) is 8.83. The van der Waals surface area contributed by atoms with E-state index < -0.39 is 0 Å². The summed E-state index contributed by atoms with van der Waals surface area (Å²) < 4.78 is 12.1. The number of rotatable bonds is 6. The Labute approximate surface area is 180 Å². The molecule has 1 amide bonds. The summed E-state index contributed by atoms with van der Waals surface area (Å²) in [5.41, 5.74) is 3.27. The topological polar surface area (TPSA) is 88.9 Å². The number of aromatic nitrogens is 3. The number of fused-ring (bicyclic) bond motifs is 1. The van der Waals surface area contributed by atoms with E-state index in [1.54, 1.807) is 20.3 Å². The highest BCUT2D eigenvalue weighted by Crippen LogP contribution is 2.30. The Bertz CT molecular complexity index is 1140. The average Bonchev–Trinajstić information content (AvgIpc) is 3.23. The van der Waals surface area contributed by atoms with E-state index >= 15 is 0 Å². The van der Waals surface area contributed by atoms with Crippen molar-refractivity contribution in [2.24, 2.45) is 0 Å². The van der Waals surface area contributed by atoms with Crippen molar-refractivity contribution in [2.45, 2.75) is 38.5 Å². The SMILES string of the molecule is CCc1cc(=O)n2[nH]c(C3CCN(C(=O)Cc4ccc(OC)c(OC)c4)CC3)cc2n1. The van der Waals surface area contributed by atoms with Gasteiger partial charge in [-0.25, -0.2) is 9.50 Å². The molecule has 0 aliphatic carbocycles. The van der Waals surface area contributed by atoms with Crippen molar-refractivity contribution in [2.75, 3.05) is 27.3 Å². The Balaban J connectivity index is 1.40. The number of H-pyrrole nitrogens is 1. The van der Waals surface area contributed by atoms with Crippen molar-refractivity contribution >= 4 is 11.6 Å². The number of nitrogens with zero attached hydrogens (tertiary/aromatic N) is 3. The standard InChI is InChI=1S/C23H28N4O4/c1-4-17-13-23(29)27-21(24-17)14-18(25-27)16-7-9-26(10-8-16)22(28)12-15-5-6-19(30-2)20(11-15)31-3/h5-6,11,13-14,16,25H,4,7-10,12H2,1-3H3. The number of nitrogens with one attached hydrogen (secondary N) is 1. The van der Waals surface area contributed by atoms with E-state index in [1.807, 2.05) is 36.1 Å². The lowest BCUT2D eigenvalue weighted by Gasteiger charge is -2.31. The number of amides is 1. The van der Waals surface area contributed by atoms with Crippen molar-refractivity contribution in [1.82, 2.24) is 19.5 Å². The highest BCUT2D eigenvalue weighted by Gasteiger charge is 2.25. The van der Waals surface area contributed by atoms with Gasteiger partial charge in [0.15, 0.2) is 17.1 Å². The first-order chi connectivity index (χ1) is 15.0. The number of aromatic amines is 1. The first kappa shape index (κ1) is 21.0. The highest BCUT2D eigenvalue weighted by atomic mass is 16.5. The molecule has 164 valence electrons. The number of likely N-dealkylation sites (tertiary alicyclic amines) is 1. The molecular formula is C23H28N4O4. The second-order valence-corrected chi connectivity index (χ2v) is 7.87. The van der Waals surface area contributed by atoms with Gasteiger partial charge >= 0.3 is 0 Å². The Morgan fingerprint density at radius 1 is 1.13 bits per heavy atom. The quantitative estimate of drug-likeness (QED) is 0.657. The molecule has 0 unspecified atom stereocenters. The Kier molecular flexibility index (Phi) is 5.97. The van der Waals surface area contributed by atoms with Crippen LogP contribution in [0, 0.1) is 0 Å². The third kappa shape index (κ3) is 4.28. The van der Waals surface area contributed by atoms with E-state index in [0.29, 0.717) is 36.7 Å². The van der Waals surface area contributed by atoms with E-state index in [1.165, 1.54) is 4.52 Å². The fraction of sp³-hybridized carbons (Fsp3) is 0.435. The molecule has 0 spiro atoms. The van der Waals surface area contributed by atoms with Gasteiger partial charge in [-0.3, -0.25) is 14.7 Å². The molecule has 1 aliphatic heterocycles. The van der Waals surface area contributed by atoms with Crippen LogP contribution in [0.5, 0.6) is 11.5 Å². The molecule has 0 saturated carbocycles. The Morgan fingerprint density at radius 3 is 2.55 bits per heavy atom. The van der Waals surface area contributed by atoms with Crippen LogP contribution >= 0.6 is 0 Å². The van der Waals surface area contributed by atoms with E-state index in [2.05, 4.69) is 10.1 Å². The minimum absolute atomic E-state index is 0.0874. The maximum Gasteiger partial charge on any atom is 0.272 e. The van der Waals surface area contributed by atoms with Crippen LogP contribution in [0.15, 0.2) is 35.1 Å². The lowest BCUT2D eigenvalue weighted by Crippen LogP contribution is -2.38. The lowest BCUT2D eigenvalue weighted by molar-refractivity contribution is -0.131. The van der Waals surface area contributed by atoms with Gasteiger partial charge in [-0.2, -0.15) is 0 Å². The third-order valence-electron chi connectivity index (χ3n) is 5.98. The number of benzene rings is 1. The Hall–Kier alpha value is -3.29. The van der Waals surface area contributed by atoms with Gasteiger partial charge in [0, 0.05) is 42.5 Å². The zero-order valence-electron chi connectivity index (χ0n) is 18.2. The van der Waals surface area contributed by atoms with Crippen LogP contribution in [0.3, 0.4) is 0 Å². The van der Waals surface area contributed by atoms with E-state index in [9.17, 15) is 9.59 Å². The summed E-state index contributed by atoms with van der Waals surface area (Å²) >= 11 is 0. The first-order valence-electron chi connectivity index (χ1n) is 10.6. The van der Waals surface area contributed by atoms with Crippen LogP contribution in [0.1, 0.15) is 42.6 Å². The molecule has 0 radical (unpaired) electrons. The smallest absolute Gasteiger partial charge is 0.272 e. The van der Waals surface area contributed by atoms with Gasteiger partial charge in [0.25, 0.3) is 5.56 Å². The molecular weight excluding hydrogens is 396 g/mol. The molecule has 2 aromatic heterocycles. The van der Waals surface area contributed by atoms with Gasteiger partial charge in [-0.05, 0) is 37.0 Å². The maximum atomic E-state index is 12.8. The number of hydrogen-bond acceptors (Lipinski definition) is 5. The van der Waals surface area contributed by atoms with Crippen molar-refractivity contribution in [1.29, 1.82) is 0 Å². The molecule has 8 nitrogen and oxygen atoms in total. The van der Waals surface area contributed by atoms with Crippen molar-refractivity contribution < 1.29 is 14.3 Å². The maximum absolute atomic E-state index is 12.8. The molecule has 31 heavy (non-hydrogen) atoms. The molecule has 8 heteroatoms. The predicted octanol–water partition coefficient (Wildman–Crippen LogP) is 2.55. The molecule has 1 aromatic carbocycles. The summed E-state index contributed by atoms with van der Waals surface area (Å²) in [6.07, 6.45) is 2.75. The molecule has 1 saturated heterocycles. The number of methoxy groups -OCH3 is 2. The van der Waals surface area contributed by atoms with Crippen molar-refractivity contribution in [3.63, 3.8) is 0 Å². The average molecular weight is 425 g/mol. The van der Waals surface area contributed by atoms with Crippen molar-refractivity contribution in [3.8, 4) is 11.5 Å². The third-order valence-corrected chi connectivity index (χ3v) is 5.98. The first-order valence-corrected chi connectivity index (χ1v) is 10.6. The monoisotopic (exact) mass is 424 g/mol. The fourth-order valence-electron chi connectivity index (χ4n) is 4.17. The van der Waals surface area contributed by atoms with Crippen molar-refractivity contribution in [3.05, 3.63) is 57.6 Å². The summed E-state index contributed by atoms with van der Waals surface area (Å²) in [5.74, 6) is 1.65. The van der Waals surface area contributed by atoms with Gasteiger partial charge in [-0.15, -0.1) is 0 Å². The van der Waals surface area contributed by atoms with E-state index in [0.717, 1.165) is 36.2 Å². The summed E-state index contributed by atoms with van der Waals surface area (Å²) in [5, 5.41) is 3.20. The van der Waals surface area contributed by atoms with Gasteiger partial charge in [0.1, 0.15) is 0 Å². The molecule has 0 atom stereocenters. The zero-order valence-corrected chi connectivity index (χ0v) is 18.2. The number of piperidine rings is 1. The van der Waals surface area contributed by atoms with Crippen LogP contribution in [-0.4, -0.2) is 52.7 Å². The minimum atomic E-state index is -0.0874. The fourth-order valence-corrected chi connectivity index (χ4v) is 4.17. The minimum Gasteiger partial charge on any atom is -0.493 e. The summed E-state index contributed by atoms with van der Waals surface area (Å²) in [6.45, 7) is 3.37. The van der Waals surface area contributed by atoms with Gasteiger partial charge in [-0.1, -0.05) is 13.0 Å². The van der Waals surface area contributed by atoms with Gasteiger partial charge in [0.05, 0.1) is 20.6 Å². The lowest BCUT2D eigenvalue weighted by atomic mass is 9.93. The number of hydrogen-bond donors (Lipinski definition) is 1. The van der Waals surface area contributed by atoms with Crippen LogP contribution in [0.25, 0.3) is 5.65 Å². The highest BCUT2D eigenvalue weighted by molar-refractivity contribution is 5.79. The normalized spacial score (nSPS) is 14.7. The molecule has 1 aliphatic rings. The van der Waals surface area contributed by atoms with E-state index in [-0.39, 0.29) is 17.4 Å². The summed E-state index contributed by atoms with van der Waals surface area (Å²) in [4.78, 5) is 31.5. The Morgan fingerprint density at radius 2 is 1.87 bits per heavy atom. The molecule has 1 fully saturated rings. The number of aryl methyl sites for hydroxylation is 1. The summed E-state index contributed by atoms with van der Waals surface area (Å²) in [6, 6.07) is 9.10. The zero-order chi connectivity index (χ0) is 22.0. The van der Waals surface area contributed by atoms with Crippen LogP contribution in [0.4, 0.5) is 0 Å². The molecule has 0 bridgehead atoms. The molecule has 3 aromatic rings. The predicted molar refractivity (Wildman–Crippen MR) is 117 cm³/mol. The molecule has 3 heterocycles. The van der Waals surface area contributed by atoms with Crippen LogP contribution in [-0.2, 0) is 17.6 Å². The molecule has 1 N–H and O–H groups in total. The number of ether oxygens (including phenoxy) is 2. The molecule has 4 rings (SSSR count). The second-order valence-electron chi connectivity index (χ2n) is 7.87. The van der Waals surface area contributed by atoms with Crippen LogP contribution < -0.4 is 15.0 Å². The number of carbonyl (C=O) groups is 1. The number of carbonyl (C=O) groups excluding carboxylic acids is 1. The van der Waals surface area contributed by atoms with E-state index in [4.69, 9.17) is 9.47 Å².